The van der Waals surface area contributed by atoms with E-state index in [0.717, 1.165) is 4.47 Å². The van der Waals surface area contributed by atoms with Crippen LogP contribution >= 0.6 is 15.9 Å². The highest BCUT2D eigenvalue weighted by molar-refractivity contribution is 9.10. The zero-order chi connectivity index (χ0) is 10.7. The molecule has 0 amide bonds. The van der Waals surface area contributed by atoms with Gasteiger partial charge in [-0.1, -0.05) is 15.9 Å². The molecule has 0 radical (unpaired) electrons. The fraction of sp³-hybridized carbons (Fsp3) is 0.222. The molecule has 0 aliphatic carbocycles. The number of halogens is 1. The SMILES string of the molecule is NC(Cc1cc(Br)ccc1O)C(=O)O. The average molecular weight is 260 g/mol. The van der Waals surface area contributed by atoms with Gasteiger partial charge in [0.25, 0.3) is 0 Å². The lowest BCUT2D eigenvalue weighted by Crippen LogP contribution is -2.32. The van der Waals surface area contributed by atoms with E-state index in [0.29, 0.717) is 5.56 Å². The minimum absolute atomic E-state index is 0.0601. The van der Waals surface area contributed by atoms with Crippen LogP contribution < -0.4 is 5.73 Å². The molecular weight excluding hydrogens is 250 g/mol. The summed E-state index contributed by atoms with van der Waals surface area (Å²) in [7, 11) is 0. The van der Waals surface area contributed by atoms with E-state index < -0.39 is 12.0 Å². The number of nitrogens with two attached hydrogens (primary N) is 1. The Balaban J connectivity index is 2.85. The number of hydrogen-bond donors (Lipinski definition) is 3. The second-order valence-electron chi connectivity index (χ2n) is 2.92. The number of aliphatic carboxylic acids is 1. The van der Waals surface area contributed by atoms with Crippen LogP contribution in [-0.2, 0) is 11.2 Å². The molecule has 0 aliphatic heterocycles. The normalized spacial score (nSPS) is 12.4. The molecular formula is C9H10BrNO3. The first-order valence-electron chi connectivity index (χ1n) is 3.96. The van der Waals surface area contributed by atoms with E-state index in [-0.39, 0.29) is 12.2 Å². The maximum absolute atomic E-state index is 10.5. The number of carboxylic acids is 1. The minimum atomic E-state index is -1.08. The molecule has 1 unspecified atom stereocenters. The van der Waals surface area contributed by atoms with Gasteiger partial charge in [0, 0.05) is 10.9 Å². The quantitative estimate of drug-likeness (QED) is 0.760. The molecule has 1 rings (SSSR count). The van der Waals surface area contributed by atoms with Crippen molar-refractivity contribution in [2.75, 3.05) is 0 Å². The Hall–Kier alpha value is -1.07. The van der Waals surface area contributed by atoms with E-state index in [1.807, 2.05) is 0 Å². The molecule has 1 atom stereocenters. The van der Waals surface area contributed by atoms with E-state index in [1.165, 1.54) is 6.07 Å². The summed E-state index contributed by atoms with van der Waals surface area (Å²) in [6.07, 6.45) is 0.112. The fourth-order valence-corrected chi connectivity index (χ4v) is 1.45. The van der Waals surface area contributed by atoms with Gasteiger partial charge in [-0.3, -0.25) is 4.79 Å². The van der Waals surface area contributed by atoms with Crippen molar-refractivity contribution in [3.05, 3.63) is 28.2 Å². The predicted octanol–water partition coefficient (Wildman–Crippen LogP) is 1.11. The third-order valence-electron chi connectivity index (χ3n) is 1.80. The third kappa shape index (κ3) is 2.71. The van der Waals surface area contributed by atoms with Gasteiger partial charge in [-0.15, -0.1) is 0 Å². The lowest BCUT2D eigenvalue weighted by molar-refractivity contribution is -0.138. The summed E-state index contributed by atoms with van der Waals surface area (Å²) in [5.74, 6) is -1.02. The average Bonchev–Trinajstić information content (AvgIpc) is 2.11. The molecule has 1 aromatic carbocycles. The lowest BCUT2D eigenvalue weighted by Gasteiger charge is -2.08. The third-order valence-corrected chi connectivity index (χ3v) is 2.29. The van der Waals surface area contributed by atoms with Crippen LogP contribution in [0.5, 0.6) is 5.75 Å². The summed E-state index contributed by atoms with van der Waals surface area (Å²) in [5, 5.41) is 18.0. The molecule has 0 saturated carbocycles. The van der Waals surface area contributed by atoms with Gasteiger partial charge in [-0.05, 0) is 23.8 Å². The molecule has 0 saturated heterocycles. The summed E-state index contributed by atoms with van der Waals surface area (Å²) >= 11 is 3.22. The number of aromatic hydroxyl groups is 1. The van der Waals surface area contributed by atoms with Crippen LogP contribution in [0.1, 0.15) is 5.56 Å². The van der Waals surface area contributed by atoms with Gasteiger partial charge in [-0.2, -0.15) is 0 Å². The minimum Gasteiger partial charge on any atom is -0.508 e. The van der Waals surface area contributed by atoms with Gasteiger partial charge >= 0.3 is 5.97 Å². The van der Waals surface area contributed by atoms with E-state index >= 15 is 0 Å². The highest BCUT2D eigenvalue weighted by Gasteiger charge is 2.14. The molecule has 4 nitrogen and oxygen atoms in total. The number of carbonyl (C=O) groups is 1. The Morgan fingerprint density at radius 3 is 2.79 bits per heavy atom. The number of hydrogen-bond acceptors (Lipinski definition) is 3. The summed E-state index contributed by atoms with van der Waals surface area (Å²) in [6.45, 7) is 0. The summed E-state index contributed by atoms with van der Waals surface area (Å²) in [5.41, 5.74) is 5.86. The molecule has 76 valence electrons. The van der Waals surface area contributed by atoms with Gasteiger partial charge in [-0.25, -0.2) is 0 Å². The molecule has 0 aliphatic rings. The number of rotatable bonds is 3. The van der Waals surface area contributed by atoms with Crippen molar-refractivity contribution in [2.24, 2.45) is 5.73 Å². The number of phenolic OH excluding ortho intramolecular Hbond substituents is 1. The zero-order valence-electron chi connectivity index (χ0n) is 7.27. The molecule has 0 spiro atoms. The van der Waals surface area contributed by atoms with Crippen LogP contribution in [0.25, 0.3) is 0 Å². The Morgan fingerprint density at radius 2 is 2.21 bits per heavy atom. The van der Waals surface area contributed by atoms with Gasteiger partial charge in [0.1, 0.15) is 11.8 Å². The van der Waals surface area contributed by atoms with Gasteiger partial charge in [0.05, 0.1) is 0 Å². The van der Waals surface area contributed by atoms with Gasteiger partial charge < -0.3 is 15.9 Å². The molecule has 4 N–H and O–H groups in total. The van der Waals surface area contributed by atoms with Crippen molar-refractivity contribution in [1.82, 2.24) is 0 Å². The number of benzene rings is 1. The number of carboxylic acid groups (broad SMARTS) is 1. The van der Waals surface area contributed by atoms with Crippen molar-refractivity contribution >= 4 is 21.9 Å². The largest absolute Gasteiger partial charge is 0.508 e. The highest BCUT2D eigenvalue weighted by Crippen LogP contribution is 2.22. The standard InChI is InChI=1S/C9H10BrNO3/c10-6-1-2-8(12)5(3-6)4-7(11)9(13)14/h1-3,7,12H,4,11H2,(H,13,14). The fourth-order valence-electron chi connectivity index (χ4n) is 1.04. The smallest absolute Gasteiger partial charge is 0.320 e. The highest BCUT2D eigenvalue weighted by atomic mass is 79.9. The summed E-state index contributed by atoms with van der Waals surface area (Å²) in [6, 6.07) is 3.83. The zero-order valence-corrected chi connectivity index (χ0v) is 8.86. The topological polar surface area (TPSA) is 83.5 Å². The Morgan fingerprint density at radius 1 is 1.57 bits per heavy atom. The van der Waals surface area contributed by atoms with Crippen LogP contribution in [-0.4, -0.2) is 22.2 Å². The van der Waals surface area contributed by atoms with Crippen molar-refractivity contribution in [2.45, 2.75) is 12.5 Å². The van der Waals surface area contributed by atoms with Crippen LogP contribution in [0.2, 0.25) is 0 Å². The molecule has 5 heteroatoms. The Bertz CT molecular complexity index is 354. The molecule has 0 bridgehead atoms. The maximum Gasteiger partial charge on any atom is 0.320 e. The first-order valence-corrected chi connectivity index (χ1v) is 4.76. The van der Waals surface area contributed by atoms with Crippen LogP contribution in [0.3, 0.4) is 0 Å². The van der Waals surface area contributed by atoms with E-state index in [1.54, 1.807) is 12.1 Å². The molecule has 0 heterocycles. The Labute approximate surface area is 89.5 Å². The van der Waals surface area contributed by atoms with Gasteiger partial charge in [0.15, 0.2) is 0 Å². The predicted molar refractivity (Wildman–Crippen MR) is 55.1 cm³/mol. The van der Waals surface area contributed by atoms with Crippen LogP contribution in [0.4, 0.5) is 0 Å². The van der Waals surface area contributed by atoms with Crippen LogP contribution in [0.15, 0.2) is 22.7 Å². The van der Waals surface area contributed by atoms with Gasteiger partial charge in [0.2, 0.25) is 0 Å². The number of phenols is 1. The van der Waals surface area contributed by atoms with Crippen LogP contribution in [0, 0.1) is 0 Å². The monoisotopic (exact) mass is 259 g/mol. The lowest BCUT2D eigenvalue weighted by atomic mass is 10.1. The summed E-state index contributed by atoms with van der Waals surface area (Å²) < 4.78 is 0.780. The first kappa shape index (κ1) is 11.0. The molecule has 1 aromatic rings. The Kier molecular flexibility index (Phi) is 3.49. The second-order valence-corrected chi connectivity index (χ2v) is 3.84. The van der Waals surface area contributed by atoms with E-state index in [2.05, 4.69) is 15.9 Å². The summed E-state index contributed by atoms with van der Waals surface area (Å²) in [4.78, 5) is 10.5. The van der Waals surface area contributed by atoms with Crippen molar-refractivity contribution in [3.8, 4) is 5.75 Å². The van der Waals surface area contributed by atoms with E-state index in [9.17, 15) is 9.90 Å². The van der Waals surface area contributed by atoms with E-state index in [4.69, 9.17) is 10.8 Å². The van der Waals surface area contributed by atoms with Crippen molar-refractivity contribution < 1.29 is 15.0 Å². The maximum atomic E-state index is 10.5. The first-order chi connectivity index (χ1) is 6.50. The van der Waals surface area contributed by atoms with Crippen molar-refractivity contribution in [1.29, 1.82) is 0 Å². The molecule has 0 fully saturated rings. The molecule has 0 aromatic heterocycles. The van der Waals surface area contributed by atoms with Crippen molar-refractivity contribution in [3.63, 3.8) is 0 Å². The second kappa shape index (κ2) is 4.43. The molecule has 14 heavy (non-hydrogen) atoms.